The fourth-order valence-corrected chi connectivity index (χ4v) is 0.887. The van der Waals surface area contributed by atoms with Gasteiger partial charge in [-0.25, -0.2) is 0 Å². The van der Waals surface area contributed by atoms with Crippen molar-refractivity contribution in [3.63, 3.8) is 0 Å². The van der Waals surface area contributed by atoms with Gasteiger partial charge < -0.3 is 9.57 Å². The molecule has 0 atom stereocenters. The van der Waals surface area contributed by atoms with Crippen LogP contribution in [0.3, 0.4) is 0 Å². The molecule has 9 heavy (non-hydrogen) atoms. The summed E-state index contributed by atoms with van der Waals surface area (Å²) in [5, 5.41) is 3.35. The number of oxime groups is 1. The summed E-state index contributed by atoms with van der Waals surface area (Å²) in [6.45, 7) is 4.83. The second-order valence-corrected chi connectivity index (χ2v) is 2.05. The lowest BCUT2D eigenvalue weighted by Gasteiger charge is -2.19. The summed E-state index contributed by atoms with van der Waals surface area (Å²) in [6.07, 6.45) is 2.13. The molecule has 0 amide bonds. The maximum absolute atomic E-state index is 5.10. The van der Waals surface area contributed by atoms with Crippen LogP contribution in [0.15, 0.2) is 5.16 Å². The highest BCUT2D eigenvalue weighted by Crippen LogP contribution is 2.09. The number of nitrogens with zero attached hydrogens (tertiary/aromatic N) is 1. The molecule has 1 fully saturated rings. The Hall–Kier alpha value is -0.570. The normalized spacial score (nSPS) is 21.3. The van der Waals surface area contributed by atoms with Crippen molar-refractivity contribution >= 4 is 6.72 Å². The van der Waals surface area contributed by atoms with Crippen LogP contribution < -0.4 is 0 Å². The van der Waals surface area contributed by atoms with Gasteiger partial charge in [-0.2, -0.15) is 0 Å². The molecule has 3 nitrogen and oxygen atoms in total. The molecule has 0 N–H and O–H groups in total. The van der Waals surface area contributed by atoms with Crippen LogP contribution in [0.4, 0.5) is 0 Å². The largest absolute Gasteiger partial charge is 0.393 e. The third-order valence-electron chi connectivity index (χ3n) is 1.39. The van der Waals surface area contributed by atoms with Crippen LogP contribution >= 0.6 is 0 Å². The zero-order valence-electron chi connectivity index (χ0n) is 5.38. The van der Waals surface area contributed by atoms with Crippen molar-refractivity contribution in [3.8, 4) is 0 Å². The van der Waals surface area contributed by atoms with Gasteiger partial charge in [0.15, 0.2) is 0 Å². The monoisotopic (exact) mass is 129 g/mol. The Labute approximate surface area is 54.6 Å². The summed E-state index contributed by atoms with van der Waals surface area (Å²) in [7, 11) is 0. The summed E-state index contributed by atoms with van der Waals surface area (Å²) in [6, 6.07) is 0. The highest BCUT2D eigenvalue weighted by atomic mass is 16.6. The first-order valence-corrected chi connectivity index (χ1v) is 3.13. The average Bonchev–Trinajstić information content (AvgIpc) is 1.91. The Bertz CT molecular complexity index is 89.1. The fourth-order valence-electron chi connectivity index (χ4n) is 0.887. The van der Waals surface area contributed by atoms with Gasteiger partial charge in [-0.15, -0.1) is 5.16 Å². The Kier molecular flexibility index (Phi) is 2.51. The lowest BCUT2D eigenvalue weighted by atomic mass is 10.2. The predicted octanol–water partition coefficient (Wildman–Crippen LogP) is 0.798. The molecule has 1 aliphatic rings. The number of rotatable bonds is 2. The zero-order valence-corrected chi connectivity index (χ0v) is 5.38. The summed E-state index contributed by atoms with van der Waals surface area (Å²) in [5.41, 5.74) is 0. The summed E-state index contributed by atoms with van der Waals surface area (Å²) < 4.78 is 5.10. The van der Waals surface area contributed by atoms with Crippen molar-refractivity contribution in [1.29, 1.82) is 0 Å². The summed E-state index contributed by atoms with van der Waals surface area (Å²) in [4.78, 5) is 4.92. The van der Waals surface area contributed by atoms with E-state index in [2.05, 4.69) is 11.9 Å². The van der Waals surface area contributed by atoms with E-state index in [1.54, 1.807) is 0 Å². The molecular weight excluding hydrogens is 118 g/mol. The van der Waals surface area contributed by atoms with Crippen molar-refractivity contribution in [2.24, 2.45) is 5.16 Å². The molecule has 0 aromatic heterocycles. The first-order chi connectivity index (χ1) is 4.43. The third kappa shape index (κ3) is 2.01. The van der Waals surface area contributed by atoms with Gasteiger partial charge in [0.25, 0.3) is 0 Å². The molecule has 1 rings (SSSR count). The molecule has 1 aliphatic heterocycles. The van der Waals surface area contributed by atoms with Crippen LogP contribution in [0.5, 0.6) is 0 Å². The SMILES string of the molecule is C=NOC1CCOCC1. The van der Waals surface area contributed by atoms with Crippen LogP contribution in [0.25, 0.3) is 0 Å². The van der Waals surface area contributed by atoms with Crippen LogP contribution in [0.1, 0.15) is 12.8 Å². The molecular formula is C6H11NO2. The Morgan fingerprint density at radius 1 is 1.44 bits per heavy atom. The minimum atomic E-state index is 0.247. The van der Waals surface area contributed by atoms with E-state index in [4.69, 9.17) is 9.57 Å². The first kappa shape index (κ1) is 6.55. The van der Waals surface area contributed by atoms with Crippen LogP contribution in [-0.2, 0) is 9.57 Å². The minimum Gasteiger partial charge on any atom is -0.393 e. The Morgan fingerprint density at radius 3 is 2.67 bits per heavy atom. The maximum Gasteiger partial charge on any atom is 0.131 e. The molecule has 3 heteroatoms. The van der Waals surface area contributed by atoms with E-state index in [9.17, 15) is 0 Å². The zero-order chi connectivity index (χ0) is 6.53. The molecule has 1 heterocycles. The maximum atomic E-state index is 5.10. The first-order valence-electron chi connectivity index (χ1n) is 3.13. The van der Waals surface area contributed by atoms with Crippen molar-refractivity contribution in [1.82, 2.24) is 0 Å². The predicted molar refractivity (Wildman–Crippen MR) is 34.5 cm³/mol. The van der Waals surface area contributed by atoms with Crippen molar-refractivity contribution < 1.29 is 9.57 Å². The molecule has 0 bridgehead atoms. The second kappa shape index (κ2) is 3.45. The third-order valence-corrected chi connectivity index (χ3v) is 1.39. The highest BCUT2D eigenvalue weighted by molar-refractivity contribution is 5.21. The summed E-state index contributed by atoms with van der Waals surface area (Å²) >= 11 is 0. The van der Waals surface area contributed by atoms with Gasteiger partial charge in [0.1, 0.15) is 6.10 Å². The molecule has 0 saturated carbocycles. The van der Waals surface area contributed by atoms with Gasteiger partial charge in [-0.05, 0) is 0 Å². The molecule has 0 aromatic rings. The number of ether oxygens (including phenoxy) is 1. The molecule has 0 unspecified atom stereocenters. The van der Waals surface area contributed by atoms with Gasteiger partial charge in [-0.3, -0.25) is 0 Å². The van der Waals surface area contributed by atoms with E-state index < -0.39 is 0 Å². The van der Waals surface area contributed by atoms with Gasteiger partial charge in [-0.1, -0.05) is 0 Å². The van der Waals surface area contributed by atoms with Crippen LogP contribution in [-0.4, -0.2) is 26.0 Å². The molecule has 0 radical (unpaired) electrons. The lowest BCUT2D eigenvalue weighted by Crippen LogP contribution is -2.21. The molecule has 0 aliphatic carbocycles. The van der Waals surface area contributed by atoms with E-state index in [-0.39, 0.29) is 6.10 Å². The Balaban J connectivity index is 2.15. The van der Waals surface area contributed by atoms with Crippen LogP contribution in [0.2, 0.25) is 0 Å². The highest BCUT2D eigenvalue weighted by Gasteiger charge is 2.13. The van der Waals surface area contributed by atoms with E-state index in [0.717, 1.165) is 26.1 Å². The van der Waals surface area contributed by atoms with Gasteiger partial charge in [0, 0.05) is 19.6 Å². The lowest BCUT2D eigenvalue weighted by molar-refractivity contribution is -0.0290. The van der Waals surface area contributed by atoms with E-state index in [0.29, 0.717) is 0 Å². The fraction of sp³-hybridized carbons (Fsp3) is 0.833. The van der Waals surface area contributed by atoms with E-state index >= 15 is 0 Å². The number of hydrogen-bond acceptors (Lipinski definition) is 3. The molecule has 52 valence electrons. The minimum absolute atomic E-state index is 0.247. The standard InChI is InChI=1S/C6H11NO2/c1-7-9-6-2-4-8-5-3-6/h6H,1-5H2. The van der Waals surface area contributed by atoms with Crippen molar-refractivity contribution in [3.05, 3.63) is 0 Å². The molecule has 0 aromatic carbocycles. The van der Waals surface area contributed by atoms with Gasteiger partial charge >= 0.3 is 0 Å². The smallest absolute Gasteiger partial charge is 0.131 e. The summed E-state index contributed by atoms with van der Waals surface area (Å²) in [5.74, 6) is 0. The molecule has 1 saturated heterocycles. The molecule has 0 spiro atoms. The van der Waals surface area contributed by atoms with Crippen molar-refractivity contribution in [2.45, 2.75) is 18.9 Å². The number of hydrogen-bond donors (Lipinski definition) is 0. The topological polar surface area (TPSA) is 30.8 Å². The van der Waals surface area contributed by atoms with E-state index in [1.165, 1.54) is 0 Å². The van der Waals surface area contributed by atoms with E-state index in [1.807, 2.05) is 0 Å². The average molecular weight is 129 g/mol. The quantitative estimate of drug-likeness (QED) is 0.408. The van der Waals surface area contributed by atoms with Crippen LogP contribution in [0, 0.1) is 0 Å². The van der Waals surface area contributed by atoms with Crippen molar-refractivity contribution in [2.75, 3.05) is 13.2 Å². The van der Waals surface area contributed by atoms with Gasteiger partial charge in [0.2, 0.25) is 0 Å². The Morgan fingerprint density at radius 2 is 2.11 bits per heavy atom. The second-order valence-electron chi connectivity index (χ2n) is 2.05. The van der Waals surface area contributed by atoms with Gasteiger partial charge in [0.05, 0.1) is 13.2 Å².